The van der Waals surface area contributed by atoms with Gasteiger partial charge in [0.2, 0.25) is 11.8 Å². The zero-order valence-electron chi connectivity index (χ0n) is 13.5. The molecule has 6 heteroatoms. The lowest BCUT2D eigenvalue weighted by Gasteiger charge is -2.41. The van der Waals surface area contributed by atoms with Crippen molar-refractivity contribution < 1.29 is 9.59 Å². The fraction of sp³-hybridized carbons (Fsp3) is 0.667. The van der Waals surface area contributed by atoms with Gasteiger partial charge in [-0.15, -0.1) is 11.3 Å². The summed E-state index contributed by atoms with van der Waals surface area (Å²) in [5, 5.41) is 3.80. The minimum atomic E-state index is -0.476. The Morgan fingerprint density at radius 1 is 1.33 bits per heavy atom. The first kappa shape index (κ1) is 15.9. The van der Waals surface area contributed by atoms with Crippen LogP contribution >= 0.6 is 11.3 Å². The molecule has 1 aliphatic rings. The molecule has 21 heavy (non-hydrogen) atoms. The molecular weight excluding hydrogens is 286 g/mol. The van der Waals surface area contributed by atoms with Gasteiger partial charge in [0.25, 0.3) is 0 Å². The fourth-order valence-corrected chi connectivity index (χ4v) is 3.65. The number of aromatic nitrogens is 1. The van der Waals surface area contributed by atoms with Crippen molar-refractivity contribution in [2.75, 3.05) is 6.54 Å². The van der Waals surface area contributed by atoms with Crippen LogP contribution in [-0.4, -0.2) is 34.3 Å². The molecule has 0 bridgehead atoms. The molecule has 2 amide bonds. The molecule has 0 radical (unpaired) electrons. The summed E-state index contributed by atoms with van der Waals surface area (Å²) in [6.07, 6.45) is 0. The maximum atomic E-state index is 12.7. The number of thiazole rings is 1. The number of carbonyl (C=O) groups is 2. The molecule has 2 unspecified atom stereocenters. The van der Waals surface area contributed by atoms with Gasteiger partial charge in [-0.3, -0.25) is 9.59 Å². The molecule has 2 rings (SSSR count). The van der Waals surface area contributed by atoms with E-state index >= 15 is 0 Å². The number of aryl methyl sites for hydroxylation is 2. The van der Waals surface area contributed by atoms with Crippen LogP contribution in [0.4, 0.5) is 0 Å². The van der Waals surface area contributed by atoms with Crippen molar-refractivity contribution in [1.82, 2.24) is 15.2 Å². The van der Waals surface area contributed by atoms with Crippen molar-refractivity contribution in [3.05, 3.63) is 15.6 Å². The Hall–Kier alpha value is -1.43. The second-order valence-corrected chi connectivity index (χ2v) is 7.93. The van der Waals surface area contributed by atoms with Gasteiger partial charge in [-0.25, -0.2) is 4.98 Å². The SMILES string of the molecule is Cc1nc(C)c(C(C)N2CC(=O)NC(C(C)(C)C)C2=O)s1. The summed E-state index contributed by atoms with van der Waals surface area (Å²) in [6, 6.07) is -0.602. The van der Waals surface area contributed by atoms with E-state index in [2.05, 4.69) is 10.3 Å². The summed E-state index contributed by atoms with van der Waals surface area (Å²) in [7, 11) is 0. The molecule has 1 fully saturated rings. The highest BCUT2D eigenvalue weighted by molar-refractivity contribution is 7.11. The number of carbonyl (C=O) groups excluding carboxylic acids is 2. The van der Waals surface area contributed by atoms with E-state index in [0.717, 1.165) is 15.6 Å². The maximum Gasteiger partial charge on any atom is 0.246 e. The van der Waals surface area contributed by atoms with E-state index in [1.165, 1.54) is 0 Å². The van der Waals surface area contributed by atoms with E-state index < -0.39 is 6.04 Å². The number of nitrogens with one attached hydrogen (secondary N) is 1. The zero-order chi connectivity index (χ0) is 15.9. The second-order valence-electron chi connectivity index (χ2n) is 6.69. The smallest absolute Gasteiger partial charge is 0.246 e. The van der Waals surface area contributed by atoms with Crippen molar-refractivity contribution in [3.63, 3.8) is 0 Å². The van der Waals surface area contributed by atoms with Crippen molar-refractivity contribution in [2.45, 2.75) is 53.6 Å². The monoisotopic (exact) mass is 309 g/mol. The number of hydrogen-bond donors (Lipinski definition) is 1. The first-order valence-corrected chi connectivity index (χ1v) is 7.96. The first-order valence-electron chi connectivity index (χ1n) is 7.15. The summed E-state index contributed by atoms with van der Waals surface area (Å²) >= 11 is 1.59. The summed E-state index contributed by atoms with van der Waals surface area (Å²) in [5.41, 5.74) is 0.639. The Labute approximate surface area is 129 Å². The van der Waals surface area contributed by atoms with Gasteiger partial charge in [0, 0.05) is 4.88 Å². The Morgan fingerprint density at radius 2 is 1.95 bits per heavy atom. The fourth-order valence-electron chi connectivity index (χ4n) is 2.66. The maximum absolute atomic E-state index is 12.7. The molecule has 0 spiro atoms. The highest BCUT2D eigenvalue weighted by Gasteiger charge is 2.42. The number of piperazine rings is 1. The van der Waals surface area contributed by atoms with Crippen LogP contribution in [0.3, 0.4) is 0 Å². The van der Waals surface area contributed by atoms with Gasteiger partial charge in [-0.2, -0.15) is 0 Å². The zero-order valence-corrected chi connectivity index (χ0v) is 14.3. The lowest BCUT2D eigenvalue weighted by atomic mass is 9.84. The van der Waals surface area contributed by atoms with Crippen molar-refractivity contribution in [1.29, 1.82) is 0 Å². The quantitative estimate of drug-likeness (QED) is 0.911. The van der Waals surface area contributed by atoms with Gasteiger partial charge in [0.1, 0.15) is 12.6 Å². The molecule has 0 saturated carbocycles. The second kappa shape index (κ2) is 5.40. The minimum Gasteiger partial charge on any atom is -0.342 e. The first-order chi connectivity index (χ1) is 9.61. The van der Waals surface area contributed by atoms with E-state index in [4.69, 9.17) is 0 Å². The number of rotatable bonds is 2. The van der Waals surface area contributed by atoms with Gasteiger partial charge in [-0.05, 0) is 26.2 Å². The Kier molecular flexibility index (Phi) is 4.10. The highest BCUT2D eigenvalue weighted by atomic mass is 32.1. The molecule has 116 valence electrons. The molecule has 1 aliphatic heterocycles. The summed E-state index contributed by atoms with van der Waals surface area (Å²) in [6.45, 7) is 11.9. The third-order valence-electron chi connectivity index (χ3n) is 3.80. The molecule has 0 aromatic carbocycles. The molecule has 5 nitrogen and oxygen atoms in total. The third-order valence-corrected chi connectivity index (χ3v) is 5.04. The van der Waals surface area contributed by atoms with Gasteiger partial charge >= 0.3 is 0 Å². The van der Waals surface area contributed by atoms with Crippen LogP contribution in [0, 0.1) is 19.3 Å². The van der Waals surface area contributed by atoms with Crippen LogP contribution in [0.15, 0.2) is 0 Å². The van der Waals surface area contributed by atoms with Crippen molar-refractivity contribution in [2.24, 2.45) is 5.41 Å². The number of nitrogens with zero attached hydrogens (tertiary/aromatic N) is 2. The molecule has 2 atom stereocenters. The van der Waals surface area contributed by atoms with E-state index in [-0.39, 0.29) is 29.8 Å². The van der Waals surface area contributed by atoms with E-state index in [9.17, 15) is 9.59 Å². The number of amides is 2. The van der Waals surface area contributed by atoms with Crippen LogP contribution in [0.1, 0.15) is 49.3 Å². The van der Waals surface area contributed by atoms with Gasteiger partial charge < -0.3 is 10.2 Å². The molecule has 1 aromatic heterocycles. The number of hydrogen-bond acceptors (Lipinski definition) is 4. The van der Waals surface area contributed by atoms with Gasteiger partial charge in [-0.1, -0.05) is 20.8 Å². The molecule has 1 N–H and O–H groups in total. The standard InChI is InChI=1S/C15H23N3O2S/c1-8-12(21-10(3)16-8)9(2)18-7-11(19)17-13(14(18)20)15(4,5)6/h9,13H,7H2,1-6H3,(H,17,19). The Morgan fingerprint density at radius 3 is 2.43 bits per heavy atom. The molecule has 2 heterocycles. The Bertz CT molecular complexity index is 574. The van der Waals surface area contributed by atoms with Crippen LogP contribution in [0.25, 0.3) is 0 Å². The molecular formula is C15H23N3O2S. The lowest BCUT2D eigenvalue weighted by molar-refractivity contribution is -0.149. The predicted molar refractivity (Wildman–Crippen MR) is 83.1 cm³/mol. The van der Waals surface area contributed by atoms with Crippen LogP contribution in [0.2, 0.25) is 0 Å². The van der Waals surface area contributed by atoms with Crippen molar-refractivity contribution in [3.8, 4) is 0 Å². The van der Waals surface area contributed by atoms with Crippen molar-refractivity contribution >= 4 is 23.2 Å². The van der Waals surface area contributed by atoms with E-state index in [1.807, 2.05) is 41.5 Å². The van der Waals surface area contributed by atoms with Crippen LogP contribution in [-0.2, 0) is 9.59 Å². The summed E-state index contributed by atoms with van der Waals surface area (Å²) < 4.78 is 0. The van der Waals surface area contributed by atoms with Gasteiger partial charge in [0.15, 0.2) is 0 Å². The Balaban J connectivity index is 2.31. The largest absolute Gasteiger partial charge is 0.342 e. The van der Waals surface area contributed by atoms with Crippen LogP contribution < -0.4 is 5.32 Å². The van der Waals surface area contributed by atoms with Crippen LogP contribution in [0.5, 0.6) is 0 Å². The summed E-state index contributed by atoms with van der Waals surface area (Å²) in [5.74, 6) is -0.111. The average Bonchev–Trinajstić information content (AvgIpc) is 2.68. The van der Waals surface area contributed by atoms with E-state index in [1.54, 1.807) is 16.2 Å². The minimum absolute atomic E-state index is 0.0138. The normalized spacial score (nSPS) is 21.4. The molecule has 0 aliphatic carbocycles. The predicted octanol–water partition coefficient (Wildman–Crippen LogP) is 2.19. The average molecular weight is 309 g/mol. The molecule has 1 saturated heterocycles. The topological polar surface area (TPSA) is 62.3 Å². The molecule has 1 aromatic rings. The third kappa shape index (κ3) is 3.10. The lowest BCUT2D eigenvalue weighted by Crippen LogP contribution is -2.62. The highest BCUT2D eigenvalue weighted by Crippen LogP contribution is 2.32. The van der Waals surface area contributed by atoms with Gasteiger partial charge in [0.05, 0.1) is 16.7 Å². The van der Waals surface area contributed by atoms with E-state index in [0.29, 0.717) is 0 Å². The summed E-state index contributed by atoms with van der Waals surface area (Å²) in [4.78, 5) is 31.9.